The predicted octanol–water partition coefficient (Wildman–Crippen LogP) is 3.88. The van der Waals surface area contributed by atoms with Gasteiger partial charge in [0.05, 0.1) is 5.41 Å². The molecule has 0 aliphatic rings. The van der Waals surface area contributed by atoms with Gasteiger partial charge in [0.25, 0.3) is 0 Å². The summed E-state index contributed by atoms with van der Waals surface area (Å²) in [5, 5.41) is 9.41. The minimum Gasteiger partial charge on any atom is -0.481 e. The van der Waals surface area contributed by atoms with Gasteiger partial charge in [-0.05, 0) is 31.0 Å². The van der Waals surface area contributed by atoms with Crippen LogP contribution >= 0.6 is 15.9 Å². The molecule has 1 heterocycles. The molecule has 4 nitrogen and oxygen atoms in total. The van der Waals surface area contributed by atoms with Crippen molar-refractivity contribution in [3.8, 4) is 0 Å². The van der Waals surface area contributed by atoms with Crippen LogP contribution in [-0.2, 0) is 11.2 Å². The normalized spacial score (nSPS) is 14.8. The molecule has 0 saturated carbocycles. The highest BCUT2D eigenvalue weighted by Gasteiger charge is 2.38. The maximum atomic E-state index is 11.5. The fraction of sp³-hybridized carbons (Fsp3) is 0.429. The van der Waals surface area contributed by atoms with Crippen LogP contribution in [0.25, 0.3) is 11.1 Å². The molecule has 0 spiro atoms. The molecule has 0 aliphatic carbocycles. The van der Waals surface area contributed by atoms with E-state index in [0.717, 1.165) is 9.99 Å². The SMILES string of the molecule is CC(C)C(C)(Cc1nc2cc(Br)ccc2o1)C(=O)O. The lowest BCUT2D eigenvalue weighted by atomic mass is 9.76. The lowest BCUT2D eigenvalue weighted by Crippen LogP contribution is -2.35. The zero-order valence-corrected chi connectivity index (χ0v) is 12.7. The maximum Gasteiger partial charge on any atom is 0.310 e. The molecule has 1 aromatic carbocycles. The molecule has 1 N–H and O–H groups in total. The van der Waals surface area contributed by atoms with Gasteiger partial charge >= 0.3 is 5.97 Å². The van der Waals surface area contributed by atoms with E-state index in [-0.39, 0.29) is 12.3 Å². The quantitative estimate of drug-likeness (QED) is 0.926. The first kappa shape index (κ1) is 14.1. The number of nitrogens with zero attached hydrogens (tertiary/aromatic N) is 1. The molecule has 0 bridgehead atoms. The molecule has 1 aromatic heterocycles. The highest BCUT2D eigenvalue weighted by Crippen LogP contribution is 2.32. The van der Waals surface area contributed by atoms with E-state index in [1.807, 2.05) is 32.0 Å². The largest absolute Gasteiger partial charge is 0.481 e. The Kier molecular flexibility index (Phi) is 3.67. The van der Waals surface area contributed by atoms with Crippen LogP contribution in [0.1, 0.15) is 26.7 Å². The Morgan fingerprint density at radius 1 is 1.53 bits per heavy atom. The third-order valence-electron chi connectivity index (χ3n) is 3.68. The van der Waals surface area contributed by atoms with Crippen molar-refractivity contribution < 1.29 is 14.3 Å². The second-order valence-corrected chi connectivity index (χ2v) is 6.19. The molecule has 102 valence electrons. The first-order valence-corrected chi connectivity index (χ1v) is 6.90. The molecule has 0 amide bonds. The van der Waals surface area contributed by atoms with Crippen LogP contribution in [0, 0.1) is 11.3 Å². The van der Waals surface area contributed by atoms with Crippen molar-refractivity contribution in [3.63, 3.8) is 0 Å². The summed E-state index contributed by atoms with van der Waals surface area (Å²) in [6, 6.07) is 5.55. The first-order valence-electron chi connectivity index (χ1n) is 6.11. The van der Waals surface area contributed by atoms with E-state index in [4.69, 9.17) is 4.42 Å². The number of hydrogen-bond donors (Lipinski definition) is 1. The molecule has 0 radical (unpaired) electrons. The van der Waals surface area contributed by atoms with E-state index in [9.17, 15) is 9.90 Å². The molecule has 0 fully saturated rings. The Balaban J connectivity index is 2.37. The summed E-state index contributed by atoms with van der Waals surface area (Å²) < 4.78 is 6.54. The number of aromatic nitrogens is 1. The lowest BCUT2D eigenvalue weighted by molar-refractivity contribution is -0.150. The highest BCUT2D eigenvalue weighted by atomic mass is 79.9. The van der Waals surface area contributed by atoms with E-state index < -0.39 is 11.4 Å². The molecule has 1 atom stereocenters. The number of benzene rings is 1. The summed E-state index contributed by atoms with van der Waals surface area (Å²) in [4.78, 5) is 15.8. The van der Waals surface area contributed by atoms with Crippen LogP contribution in [0.5, 0.6) is 0 Å². The number of halogens is 1. The summed E-state index contributed by atoms with van der Waals surface area (Å²) in [7, 11) is 0. The van der Waals surface area contributed by atoms with Gasteiger partial charge in [-0.2, -0.15) is 0 Å². The van der Waals surface area contributed by atoms with Gasteiger partial charge in [-0.3, -0.25) is 4.79 Å². The van der Waals surface area contributed by atoms with Gasteiger partial charge in [0.15, 0.2) is 11.5 Å². The summed E-state index contributed by atoms with van der Waals surface area (Å²) >= 11 is 3.37. The second-order valence-electron chi connectivity index (χ2n) is 5.27. The van der Waals surface area contributed by atoms with Crippen LogP contribution in [0.2, 0.25) is 0 Å². The smallest absolute Gasteiger partial charge is 0.310 e. The summed E-state index contributed by atoms with van der Waals surface area (Å²) in [5.41, 5.74) is 0.536. The van der Waals surface area contributed by atoms with Gasteiger partial charge in [-0.25, -0.2) is 4.98 Å². The van der Waals surface area contributed by atoms with Crippen LogP contribution in [-0.4, -0.2) is 16.1 Å². The summed E-state index contributed by atoms with van der Waals surface area (Å²) in [5.74, 6) is -0.371. The minimum atomic E-state index is -0.877. The van der Waals surface area contributed by atoms with Crippen LogP contribution < -0.4 is 0 Å². The van der Waals surface area contributed by atoms with Crippen molar-refractivity contribution in [2.24, 2.45) is 11.3 Å². The maximum absolute atomic E-state index is 11.5. The fourth-order valence-corrected chi connectivity index (χ4v) is 2.21. The average Bonchev–Trinajstić information content (AvgIpc) is 2.69. The number of aliphatic carboxylic acids is 1. The number of carbonyl (C=O) groups is 1. The van der Waals surface area contributed by atoms with E-state index in [0.29, 0.717) is 11.5 Å². The first-order chi connectivity index (χ1) is 8.83. The van der Waals surface area contributed by atoms with Gasteiger partial charge in [0, 0.05) is 10.9 Å². The zero-order valence-electron chi connectivity index (χ0n) is 11.1. The lowest BCUT2D eigenvalue weighted by Gasteiger charge is -2.27. The zero-order chi connectivity index (χ0) is 14.2. The molecule has 2 rings (SSSR count). The number of fused-ring (bicyclic) bond motifs is 1. The predicted molar refractivity (Wildman–Crippen MR) is 76.0 cm³/mol. The van der Waals surface area contributed by atoms with E-state index in [1.165, 1.54) is 0 Å². The van der Waals surface area contributed by atoms with E-state index in [2.05, 4.69) is 20.9 Å². The van der Waals surface area contributed by atoms with E-state index >= 15 is 0 Å². The van der Waals surface area contributed by atoms with Crippen molar-refractivity contribution in [2.75, 3.05) is 0 Å². The minimum absolute atomic E-state index is 0.00764. The van der Waals surface area contributed by atoms with Crippen LogP contribution in [0.15, 0.2) is 27.1 Å². The summed E-state index contributed by atoms with van der Waals surface area (Å²) in [6.07, 6.45) is 0.284. The van der Waals surface area contributed by atoms with Crippen molar-refractivity contribution in [3.05, 3.63) is 28.6 Å². The third kappa shape index (κ3) is 2.66. The van der Waals surface area contributed by atoms with Gasteiger partial charge in [-0.15, -0.1) is 0 Å². The summed E-state index contributed by atoms with van der Waals surface area (Å²) in [6.45, 7) is 5.52. The molecular weight excluding hydrogens is 310 g/mol. The molecule has 1 unspecified atom stereocenters. The molecular formula is C14H16BrNO3. The highest BCUT2D eigenvalue weighted by molar-refractivity contribution is 9.10. The van der Waals surface area contributed by atoms with Gasteiger partial charge in [0.2, 0.25) is 0 Å². The average molecular weight is 326 g/mol. The van der Waals surface area contributed by atoms with Crippen LogP contribution in [0.3, 0.4) is 0 Å². The Labute approximate surface area is 120 Å². The van der Waals surface area contributed by atoms with Gasteiger partial charge < -0.3 is 9.52 Å². The van der Waals surface area contributed by atoms with Crippen molar-refractivity contribution in [1.82, 2.24) is 4.98 Å². The molecule has 0 saturated heterocycles. The van der Waals surface area contributed by atoms with Crippen LogP contribution in [0.4, 0.5) is 0 Å². The van der Waals surface area contributed by atoms with Gasteiger partial charge in [-0.1, -0.05) is 29.8 Å². The molecule has 5 heteroatoms. The molecule has 19 heavy (non-hydrogen) atoms. The monoisotopic (exact) mass is 325 g/mol. The third-order valence-corrected chi connectivity index (χ3v) is 4.17. The van der Waals surface area contributed by atoms with Crippen molar-refractivity contribution in [2.45, 2.75) is 27.2 Å². The Hall–Kier alpha value is -1.36. The second kappa shape index (κ2) is 4.96. The number of hydrogen-bond acceptors (Lipinski definition) is 3. The van der Waals surface area contributed by atoms with Gasteiger partial charge in [0.1, 0.15) is 5.52 Å². The Bertz CT molecular complexity index is 620. The van der Waals surface area contributed by atoms with Crippen molar-refractivity contribution >= 4 is 33.0 Å². The standard InChI is InChI=1S/C14H16BrNO3/c1-8(2)14(3,13(17)18)7-12-16-10-6-9(15)4-5-11(10)19-12/h4-6,8H,7H2,1-3H3,(H,17,18). The number of oxazole rings is 1. The number of rotatable bonds is 4. The van der Waals surface area contributed by atoms with E-state index in [1.54, 1.807) is 6.92 Å². The molecule has 0 aliphatic heterocycles. The Morgan fingerprint density at radius 2 is 2.21 bits per heavy atom. The fourth-order valence-electron chi connectivity index (χ4n) is 1.86. The Morgan fingerprint density at radius 3 is 2.79 bits per heavy atom. The van der Waals surface area contributed by atoms with Crippen molar-refractivity contribution in [1.29, 1.82) is 0 Å². The number of carboxylic acids is 1. The topological polar surface area (TPSA) is 63.3 Å². The molecule has 2 aromatic rings. The number of carboxylic acid groups (broad SMARTS) is 1.